The summed E-state index contributed by atoms with van der Waals surface area (Å²) < 4.78 is 0. The third kappa shape index (κ3) is 1.81. The molecular formula is C12H19NO3. The van der Waals surface area contributed by atoms with Crippen LogP contribution in [0.4, 0.5) is 0 Å². The second-order valence-electron chi connectivity index (χ2n) is 5.40. The van der Waals surface area contributed by atoms with Crippen molar-refractivity contribution in [3.63, 3.8) is 0 Å². The fourth-order valence-electron chi connectivity index (χ4n) is 2.46. The predicted molar refractivity (Wildman–Crippen MR) is 58.9 cm³/mol. The van der Waals surface area contributed by atoms with Gasteiger partial charge in [-0.05, 0) is 31.1 Å². The summed E-state index contributed by atoms with van der Waals surface area (Å²) in [7, 11) is 0. The summed E-state index contributed by atoms with van der Waals surface area (Å²) in [6.45, 7) is 4.66. The van der Waals surface area contributed by atoms with Gasteiger partial charge in [0.25, 0.3) is 0 Å². The lowest BCUT2D eigenvalue weighted by Crippen LogP contribution is -2.44. The van der Waals surface area contributed by atoms with Gasteiger partial charge in [-0.15, -0.1) is 0 Å². The van der Waals surface area contributed by atoms with Crippen LogP contribution in [0.1, 0.15) is 39.5 Å². The zero-order valence-corrected chi connectivity index (χ0v) is 9.90. The van der Waals surface area contributed by atoms with Crippen molar-refractivity contribution in [2.75, 3.05) is 6.54 Å². The number of hydrogen-bond donors (Lipinski definition) is 1. The van der Waals surface area contributed by atoms with E-state index >= 15 is 0 Å². The van der Waals surface area contributed by atoms with Crippen LogP contribution in [0.15, 0.2) is 0 Å². The highest BCUT2D eigenvalue weighted by Gasteiger charge is 2.48. The van der Waals surface area contributed by atoms with Gasteiger partial charge in [0.2, 0.25) is 5.91 Å². The Labute approximate surface area is 95.6 Å². The van der Waals surface area contributed by atoms with E-state index < -0.39 is 12.0 Å². The summed E-state index contributed by atoms with van der Waals surface area (Å²) >= 11 is 0. The van der Waals surface area contributed by atoms with Crippen molar-refractivity contribution in [2.45, 2.75) is 45.6 Å². The molecule has 0 radical (unpaired) electrons. The minimum Gasteiger partial charge on any atom is -0.480 e. The Hall–Kier alpha value is -1.06. The van der Waals surface area contributed by atoms with E-state index in [1.54, 1.807) is 4.90 Å². The molecule has 2 atom stereocenters. The Kier molecular flexibility index (Phi) is 2.68. The van der Waals surface area contributed by atoms with Crippen LogP contribution in [-0.2, 0) is 9.59 Å². The highest BCUT2D eigenvalue weighted by molar-refractivity contribution is 5.86. The number of likely N-dealkylation sites (tertiary alicyclic amines) is 1. The lowest BCUT2D eigenvalue weighted by molar-refractivity contribution is -0.150. The van der Waals surface area contributed by atoms with Gasteiger partial charge < -0.3 is 10.0 Å². The molecule has 0 aromatic heterocycles. The monoisotopic (exact) mass is 225 g/mol. The Morgan fingerprint density at radius 3 is 2.56 bits per heavy atom. The van der Waals surface area contributed by atoms with Crippen molar-refractivity contribution in [2.24, 2.45) is 11.3 Å². The SMILES string of the molecule is C[C@H](C(=O)N1CCC[C@H]1C(=O)O)C1(C)CC1. The minimum atomic E-state index is -0.862. The molecule has 0 unspecified atom stereocenters. The Morgan fingerprint density at radius 1 is 1.44 bits per heavy atom. The molecular weight excluding hydrogens is 206 g/mol. The maximum Gasteiger partial charge on any atom is 0.326 e. The molecule has 2 rings (SSSR count). The van der Waals surface area contributed by atoms with E-state index in [0.29, 0.717) is 13.0 Å². The topological polar surface area (TPSA) is 57.6 Å². The lowest BCUT2D eigenvalue weighted by atomic mass is 9.91. The molecule has 1 aliphatic heterocycles. The van der Waals surface area contributed by atoms with Crippen molar-refractivity contribution >= 4 is 11.9 Å². The molecule has 1 heterocycles. The van der Waals surface area contributed by atoms with Crippen LogP contribution in [0.3, 0.4) is 0 Å². The van der Waals surface area contributed by atoms with Gasteiger partial charge in [-0.1, -0.05) is 13.8 Å². The number of aliphatic carboxylic acids is 1. The van der Waals surface area contributed by atoms with E-state index in [2.05, 4.69) is 6.92 Å². The van der Waals surface area contributed by atoms with E-state index in [9.17, 15) is 9.59 Å². The van der Waals surface area contributed by atoms with Crippen LogP contribution >= 0.6 is 0 Å². The highest BCUT2D eigenvalue weighted by atomic mass is 16.4. The summed E-state index contributed by atoms with van der Waals surface area (Å²) in [5, 5.41) is 9.04. The summed E-state index contributed by atoms with van der Waals surface area (Å²) in [5.41, 5.74) is 0.128. The van der Waals surface area contributed by atoms with Crippen LogP contribution in [0.25, 0.3) is 0 Å². The molecule has 0 aromatic rings. The van der Waals surface area contributed by atoms with Gasteiger partial charge in [0, 0.05) is 12.5 Å². The van der Waals surface area contributed by atoms with Gasteiger partial charge in [0.1, 0.15) is 6.04 Å². The Morgan fingerprint density at radius 2 is 2.06 bits per heavy atom. The number of nitrogens with zero attached hydrogens (tertiary/aromatic N) is 1. The van der Waals surface area contributed by atoms with Gasteiger partial charge in [-0.25, -0.2) is 4.79 Å². The third-order valence-corrected chi connectivity index (χ3v) is 4.28. The predicted octanol–water partition coefficient (Wildman–Crippen LogP) is 1.50. The summed E-state index contributed by atoms with van der Waals surface area (Å²) in [4.78, 5) is 24.8. The lowest BCUT2D eigenvalue weighted by Gasteiger charge is -2.27. The maximum atomic E-state index is 12.2. The fraction of sp³-hybridized carbons (Fsp3) is 0.833. The first kappa shape index (κ1) is 11.4. The van der Waals surface area contributed by atoms with Crippen LogP contribution in [0.5, 0.6) is 0 Å². The zero-order valence-electron chi connectivity index (χ0n) is 9.90. The molecule has 1 saturated carbocycles. The number of carboxylic acids is 1. The number of amides is 1. The Bertz CT molecular complexity index is 322. The normalized spacial score (nSPS) is 28.9. The smallest absolute Gasteiger partial charge is 0.326 e. The van der Waals surface area contributed by atoms with Crippen molar-refractivity contribution in [3.8, 4) is 0 Å². The van der Waals surface area contributed by atoms with Crippen molar-refractivity contribution in [3.05, 3.63) is 0 Å². The zero-order chi connectivity index (χ0) is 11.9. The molecule has 1 saturated heterocycles. The van der Waals surface area contributed by atoms with Gasteiger partial charge in [0.05, 0.1) is 0 Å². The first-order valence-electron chi connectivity index (χ1n) is 5.99. The molecule has 2 fully saturated rings. The number of carbonyl (C=O) groups excluding carboxylic acids is 1. The van der Waals surface area contributed by atoms with E-state index in [1.807, 2.05) is 6.92 Å². The van der Waals surface area contributed by atoms with Gasteiger partial charge in [0.15, 0.2) is 0 Å². The quantitative estimate of drug-likeness (QED) is 0.791. The molecule has 4 nitrogen and oxygen atoms in total. The van der Waals surface area contributed by atoms with Gasteiger partial charge in [-0.3, -0.25) is 4.79 Å². The van der Waals surface area contributed by atoms with Crippen molar-refractivity contribution in [1.82, 2.24) is 4.90 Å². The molecule has 0 bridgehead atoms. The van der Waals surface area contributed by atoms with Crippen molar-refractivity contribution in [1.29, 1.82) is 0 Å². The average Bonchev–Trinajstić information content (AvgIpc) is 2.83. The van der Waals surface area contributed by atoms with E-state index in [-0.39, 0.29) is 17.2 Å². The maximum absolute atomic E-state index is 12.2. The molecule has 1 aliphatic carbocycles. The first-order chi connectivity index (χ1) is 7.46. The summed E-state index contributed by atoms with van der Waals surface area (Å²) in [6, 6.07) is -0.586. The molecule has 0 spiro atoms. The number of carboxylic acid groups (broad SMARTS) is 1. The summed E-state index contributed by atoms with van der Waals surface area (Å²) in [6.07, 6.45) is 3.59. The molecule has 2 aliphatic rings. The number of hydrogen-bond acceptors (Lipinski definition) is 2. The first-order valence-corrected chi connectivity index (χ1v) is 5.99. The van der Waals surface area contributed by atoms with E-state index in [4.69, 9.17) is 5.11 Å². The van der Waals surface area contributed by atoms with E-state index in [0.717, 1.165) is 19.3 Å². The van der Waals surface area contributed by atoms with E-state index in [1.165, 1.54) is 0 Å². The van der Waals surface area contributed by atoms with Crippen molar-refractivity contribution < 1.29 is 14.7 Å². The summed E-state index contributed by atoms with van der Waals surface area (Å²) in [5.74, 6) is -0.864. The van der Waals surface area contributed by atoms with Gasteiger partial charge >= 0.3 is 5.97 Å². The van der Waals surface area contributed by atoms with Crippen LogP contribution in [-0.4, -0.2) is 34.5 Å². The van der Waals surface area contributed by atoms with Crippen LogP contribution < -0.4 is 0 Å². The Balaban J connectivity index is 2.06. The third-order valence-electron chi connectivity index (χ3n) is 4.28. The molecule has 0 aromatic carbocycles. The highest BCUT2D eigenvalue weighted by Crippen LogP contribution is 2.52. The molecule has 90 valence electrons. The second-order valence-corrected chi connectivity index (χ2v) is 5.40. The number of carbonyl (C=O) groups is 2. The molecule has 1 N–H and O–H groups in total. The molecule has 16 heavy (non-hydrogen) atoms. The minimum absolute atomic E-state index is 0.0323. The van der Waals surface area contributed by atoms with Crippen LogP contribution in [0, 0.1) is 11.3 Å². The fourth-order valence-corrected chi connectivity index (χ4v) is 2.46. The largest absolute Gasteiger partial charge is 0.480 e. The number of rotatable bonds is 3. The molecule has 4 heteroatoms. The van der Waals surface area contributed by atoms with Gasteiger partial charge in [-0.2, -0.15) is 0 Å². The standard InChI is InChI=1S/C12H19NO3/c1-8(12(2)5-6-12)10(14)13-7-3-4-9(13)11(15)16/h8-9H,3-7H2,1-2H3,(H,15,16)/t8-,9+/m1/s1. The molecule has 1 amide bonds. The second kappa shape index (κ2) is 3.75. The average molecular weight is 225 g/mol. The van der Waals surface area contributed by atoms with Crippen LogP contribution in [0.2, 0.25) is 0 Å².